The first kappa shape index (κ1) is 39.0. The molecule has 4 heteroatoms. The molecule has 0 saturated heterocycles. The van der Waals surface area contributed by atoms with E-state index in [1.54, 1.807) is 0 Å². The van der Waals surface area contributed by atoms with Crippen molar-refractivity contribution in [3.8, 4) is 0 Å². The van der Waals surface area contributed by atoms with Gasteiger partial charge in [-0.2, -0.15) is 0 Å². The molecule has 0 atom stereocenters. The van der Waals surface area contributed by atoms with E-state index in [4.69, 9.17) is 0 Å². The molecule has 9 aromatic carbocycles. The molecule has 0 bridgehead atoms. The second kappa shape index (κ2) is 17.4. The van der Waals surface area contributed by atoms with Gasteiger partial charge in [-0.15, -0.1) is 0 Å². The average molecular weight is 903 g/mol. The average Bonchev–Trinajstić information content (AvgIpc) is 3.30. The number of rotatable bonds is 10. The number of halogens is 2. The van der Waals surface area contributed by atoms with Crippen molar-refractivity contribution in [2.75, 3.05) is 9.80 Å². The van der Waals surface area contributed by atoms with E-state index in [1.807, 2.05) is 0 Å². The van der Waals surface area contributed by atoms with Crippen LogP contribution in [0, 0.1) is 13.8 Å². The molecule has 0 aliphatic heterocycles. The van der Waals surface area contributed by atoms with Gasteiger partial charge in [0, 0.05) is 43.1 Å². The van der Waals surface area contributed by atoms with Crippen molar-refractivity contribution < 1.29 is 0 Å². The van der Waals surface area contributed by atoms with Gasteiger partial charge in [0.25, 0.3) is 0 Å². The molecule has 290 valence electrons. The van der Waals surface area contributed by atoms with Crippen LogP contribution >= 0.6 is 31.9 Å². The third-order valence-electron chi connectivity index (χ3n) is 10.9. The summed E-state index contributed by atoms with van der Waals surface area (Å²) in [6.07, 6.45) is 8.75. The molecule has 0 radical (unpaired) electrons. The smallest absolute Gasteiger partial charge is 0.0462 e. The monoisotopic (exact) mass is 900 g/mol. The van der Waals surface area contributed by atoms with Gasteiger partial charge in [0.1, 0.15) is 0 Å². The second-order valence-electron chi connectivity index (χ2n) is 15.1. The molecule has 2 nitrogen and oxygen atoms in total. The minimum atomic E-state index is 1.09. The highest BCUT2D eigenvalue weighted by Crippen LogP contribution is 2.41. The van der Waals surface area contributed by atoms with Crippen LogP contribution in [0.1, 0.15) is 33.4 Å². The lowest BCUT2D eigenvalue weighted by atomic mass is 9.99. The lowest BCUT2D eigenvalue weighted by Gasteiger charge is -2.25. The summed E-state index contributed by atoms with van der Waals surface area (Å²) in [6.45, 7) is 4.24. The zero-order valence-electron chi connectivity index (χ0n) is 33.4. The zero-order chi connectivity index (χ0) is 41.0. The number of nitrogens with zero attached hydrogens (tertiary/aromatic N) is 2. The van der Waals surface area contributed by atoms with E-state index >= 15 is 0 Å². The summed E-state index contributed by atoms with van der Waals surface area (Å²) in [5, 5.41) is 4.67. The van der Waals surface area contributed by atoms with Gasteiger partial charge in [0.05, 0.1) is 0 Å². The third kappa shape index (κ3) is 8.35. The van der Waals surface area contributed by atoms with E-state index < -0.39 is 0 Å². The number of anilines is 6. The van der Waals surface area contributed by atoms with Crippen molar-refractivity contribution in [3.63, 3.8) is 0 Å². The van der Waals surface area contributed by atoms with E-state index in [0.29, 0.717) is 0 Å². The third-order valence-corrected chi connectivity index (χ3v) is 12.6. The highest BCUT2D eigenvalue weighted by atomic mass is 79.9. The summed E-state index contributed by atoms with van der Waals surface area (Å²) in [5.41, 5.74) is 13.8. The van der Waals surface area contributed by atoms with Crippen LogP contribution in [0.3, 0.4) is 0 Å². The number of para-hydroxylation sites is 2. The van der Waals surface area contributed by atoms with Gasteiger partial charge in [0.2, 0.25) is 0 Å². The first-order chi connectivity index (χ1) is 29.4. The van der Waals surface area contributed by atoms with Crippen LogP contribution in [-0.2, 0) is 0 Å². The fourth-order valence-corrected chi connectivity index (χ4v) is 9.00. The Bertz CT molecular complexity index is 2770. The van der Waals surface area contributed by atoms with E-state index in [1.165, 1.54) is 32.7 Å². The minimum Gasteiger partial charge on any atom is -0.311 e. The number of hydrogen-bond donors (Lipinski definition) is 0. The first-order valence-electron chi connectivity index (χ1n) is 20.1. The molecule has 0 aliphatic rings. The van der Waals surface area contributed by atoms with Crippen molar-refractivity contribution in [2.45, 2.75) is 13.8 Å². The fraction of sp³-hybridized carbons (Fsp3) is 0.0357. The largest absolute Gasteiger partial charge is 0.311 e. The molecule has 9 aromatic rings. The second-order valence-corrected chi connectivity index (χ2v) is 16.7. The molecule has 0 amide bonds. The van der Waals surface area contributed by atoms with Gasteiger partial charge in [-0.1, -0.05) is 145 Å². The molecule has 0 N–H and O–H groups in total. The maximum atomic E-state index is 3.99. The van der Waals surface area contributed by atoms with Crippen LogP contribution in [0.25, 0.3) is 45.8 Å². The van der Waals surface area contributed by atoms with Crippen LogP contribution in [0.2, 0.25) is 0 Å². The van der Waals surface area contributed by atoms with Gasteiger partial charge < -0.3 is 9.80 Å². The molecule has 0 heterocycles. The minimum absolute atomic E-state index is 1.09. The van der Waals surface area contributed by atoms with E-state index in [0.717, 1.165) is 65.3 Å². The maximum absolute atomic E-state index is 3.99. The Hall–Kier alpha value is -6.46. The molecule has 0 spiro atoms. The molecule has 0 aromatic heterocycles. The highest BCUT2D eigenvalue weighted by Gasteiger charge is 2.15. The number of aryl methyl sites for hydroxylation is 2. The van der Waals surface area contributed by atoms with Gasteiger partial charge in [0.15, 0.2) is 0 Å². The van der Waals surface area contributed by atoms with Crippen LogP contribution in [0.5, 0.6) is 0 Å². The molecule has 9 rings (SSSR count). The van der Waals surface area contributed by atoms with Crippen molar-refractivity contribution in [2.24, 2.45) is 0 Å². The van der Waals surface area contributed by atoms with Gasteiger partial charge in [-0.25, -0.2) is 0 Å². The van der Waals surface area contributed by atoms with Crippen LogP contribution < -0.4 is 9.80 Å². The van der Waals surface area contributed by atoms with Crippen LogP contribution in [0.15, 0.2) is 203 Å². The number of benzene rings is 9. The van der Waals surface area contributed by atoms with Crippen LogP contribution in [-0.4, -0.2) is 0 Å². The van der Waals surface area contributed by atoms with Gasteiger partial charge in [-0.3, -0.25) is 0 Å². The summed E-state index contributed by atoms with van der Waals surface area (Å²) < 4.78 is 2.19. The van der Waals surface area contributed by atoms with Gasteiger partial charge >= 0.3 is 0 Å². The standard InChI is InChI=1S/C56H42Br2N2/c1-39-13-27-47(28-14-39)59(45-9-5-3-6-10-45)49-31-21-41(22-32-49)17-19-43-25-35-51-53(37-43)55(57)52-36-26-44(38-54(52)56(51)58)20-18-42-23-33-50(34-24-42)60(46-11-7-4-8-12-46)48-29-15-40(2)16-30-48/h3-38H,1-2H3/b19-17+,20-18+. The Labute approximate surface area is 369 Å². The first-order valence-corrected chi connectivity index (χ1v) is 21.7. The van der Waals surface area contributed by atoms with E-state index in [2.05, 4.69) is 274 Å². The quantitative estimate of drug-likeness (QED) is 0.0997. The Morgan fingerprint density at radius 1 is 0.300 bits per heavy atom. The Balaban J connectivity index is 0.938. The molecule has 0 aliphatic carbocycles. The zero-order valence-corrected chi connectivity index (χ0v) is 36.6. The summed E-state index contributed by atoms with van der Waals surface area (Å²) >= 11 is 7.99. The topological polar surface area (TPSA) is 6.48 Å². The van der Waals surface area contributed by atoms with Crippen molar-refractivity contribution >= 4 is 112 Å². The Morgan fingerprint density at radius 2 is 0.583 bits per heavy atom. The van der Waals surface area contributed by atoms with Crippen LogP contribution in [0.4, 0.5) is 34.1 Å². The summed E-state index contributed by atoms with van der Waals surface area (Å²) in [7, 11) is 0. The predicted octanol–water partition coefficient (Wildman–Crippen LogP) is 17.4. The SMILES string of the molecule is Cc1ccc(N(c2ccccc2)c2ccc(/C=C/c3ccc4c(Br)c5cc(/C=C/c6ccc(N(c7ccccc7)c7ccc(C)cc7)cc6)ccc5c(Br)c4c3)cc2)cc1. The predicted molar refractivity (Wildman–Crippen MR) is 266 cm³/mol. The van der Waals surface area contributed by atoms with E-state index in [-0.39, 0.29) is 0 Å². The molecule has 0 saturated carbocycles. The molecule has 0 unspecified atom stereocenters. The van der Waals surface area contributed by atoms with Crippen molar-refractivity contribution in [1.82, 2.24) is 0 Å². The van der Waals surface area contributed by atoms with Crippen molar-refractivity contribution in [1.29, 1.82) is 0 Å². The molecule has 60 heavy (non-hydrogen) atoms. The highest BCUT2D eigenvalue weighted by molar-refractivity contribution is 9.11. The Kier molecular flexibility index (Phi) is 11.3. The lowest BCUT2D eigenvalue weighted by Crippen LogP contribution is -2.09. The summed E-state index contributed by atoms with van der Waals surface area (Å²) in [6, 6.07) is 69.3. The maximum Gasteiger partial charge on any atom is 0.0462 e. The normalized spacial score (nSPS) is 11.5. The molecular weight excluding hydrogens is 860 g/mol. The molecule has 0 fully saturated rings. The van der Waals surface area contributed by atoms with E-state index in [9.17, 15) is 0 Å². The summed E-state index contributed by atoms with van der Waals surface area (Å²) in [4.78, 5) is 4.59. The number of fused-ring (bicyclic) bond motifs is 2. The lowest BCUT2D eigenvalue weighted by molar-refractivity contribution is 1.27. The van der Waals surface area contributed by atoms with Gasteiger partial charge in [-0.05, 0) is 174 Å². The Morgan fingerprint density at radius 3 is 0.933 bits per heavy atom. The fourth-order valence-electron chi connectivity index (χ4n) is 7.66. The summed E-state index contributed by atoms with van der Waals surface area (Å²) in [5.74, 6) is 0. The van der Waals surface area contributed by atoms with Crippen molar-refractivity contribution in [3.05, 3.63) is 236 Å². The number of hydrogen-bond acceptors (Lipinski definition) is 2. The molecular formula is C56H42Br2N2.